The van der Waals surface area contributed by atoms with E-state index in [1.54, 1.807) is 18.3 Å². The van der Waals surface area contributed by atoms with Crippen molar-refractivity contribution in [3.63, 3.8) is 0 Å². The van der Waals surface area contributed by atoms with Gasteiger partial charge in [0, 0.05) is 27.0 Å². The van der Waals surface area contributed by atoms with Crippen molar-refractivity contribution in [2.24, 2.45) is 5.10 Å². The number of hydrazone groups is 1. The summed E-state index contributed by atoms with van der Waals surface area (Å²) in [6, 6.07) is 32.1. The molecule has 0 bridgehead atoms. The van der Waals surface area contributed by atoms with Crippen LogP contribution < -0.4 is 20.8 Å². The molecule has 39 heavy (non-hydrogen) atoms. The molecule has 10 heteroatoms. The molecule has 0 spiro atoms. The number of para-hydroxylation sites is 2. The van der Waals surface area contributed by atoms with E-state index < -0.39 is 0 Å². The molecule has 0 radical (unpaired) electrons. The van der Waals surface area contributed by atoms with E-state index >= 15 is 0 Å². The third-order valence-electron chi connectivity index (χ3n) is 5.36. The Morgan fingerprint density at radius 3 is 1.87 bits per heavy atom. The maximum absolute atomic E-state index is 6.22. The Balaban J connectivity index is 1.25. The highest BCUT2D eigenvalue weighted by Crippen LogP contribution is 2.23. The molecular formula is C29H23Cl2N7O. The van der Waals surface area contributed by atoms with Crippen LogP contribution in [0.3, 0.4) is 0 Å². The van der Waals surface area contributed by atoms with Gasteiger partial charge in [-0.15, -0.1) is 0 Å². The van der Waals surface area contributed by atoms with E-state index in [4.69, 9.17) is 27.9 Å². The molecule has 5 rings (SSSR count). The number of hydrogen-bond acceptors (Lipinski definition) is 8. The minimum Gasteiger partial charge on any atom is -0.489 e. The van der Waals surface area contributed by atoms with Gasteiger partial charge in [0.2, 0.25) is 17.8 Å². The van der Waals surface area contributed by atoms with E-state index in [1.807, 2.05) is 91.0 Å². The van der Waals surface area contributed by atoms with Gasteiger partial charge in [-0.25, -0.2) is 5.43 Å². The molecular weight excluding hydrogens is 533 g/mol. The highest BCUT2D eigenvalue weighted by molar-refractivity contribution is 6.35. The number of nitrogens with zero attached hydrogens (tertiary/aromatic N) is 4. The first-order chi connectivity index (χ1) is 19.1. The Bertz CT molecular complexity index is 1490. The summed E-state index contributed by atoms with van der Waals surface area (Å²) < 4.78 is 5.84. The molecule has 0 aliphatic heterocycles. The smallest absolute Gasteiger partial charge is 0.250 e. The third kappa shape index (κ3) is 7.67. The second kappa shape index (κ2) is 12.7. The van der Waals surface area contributed by atoms with Crippen molar-refractivity contribution in [3.05, 3.63) is 124 Å². The molecule has 0 fully saturated rings. The number of aromatic nitrogens is 3. The van der Waals surface area contributed by atoms with E-state index in [9.17, 15) is 0 Å². The summed E-state index contributed by atoms with van der Waals surface area (Å²) in [5, 5.41) is 11.8. The Kier molecular flexibility index (Phi) is 8.48. The average Bonchev–Trinajstić information content (AvgIpc) is 2.94. The molecule has 0 unspecified atom stereocenters. The maximum Gasteiger partial charge on any atom is 0.250 e. The van der Waals surface area contributed by atoms with Gasteiger partial charge in [0.15, 0.2) is 0 Å². The fourth-order valence-electron chi connectivity index (χ4n) is 3.45. The minimum atomic E-state index is 0.276. The van der Waals surface area contributed by atoms with Crippen LogP contribution in [0.2, 0.25) is 10.0 Å². The average molecular weight is 556 g/mol. The number of halogens is 2. The van der Waals surface area contributed by atoms with Crippen LogP contribution in [0.15, 0.2) is 108 Å². The topological polar surface area (TPSA) is 96.4 Å². The maximum atomic E-state index is 6.22. The van der Waals surface area contributed by atoms with Crippen molar-refractivity contribution < 1.29 is 4.74 Å². The Labute approximate surface area is 235 Å². The molecule has 0 atom stereocenters. The molecule has 5 aromatic rings. The van der Waals surface area contributed by atoms with Gasteiger partial charge in [0.05, 0.1) is 6.21 Å². The van der Waals surface area contributed by atoms with Crippen molar-refractivity contribution in [2.75, 3.05) is 16.1 Å². The first-order valence-corrected chi connectivity index (χ1v) is 12.7. The molecule has 0 saturated heterocycles. The second-order valence-electron chi connectivity index (χ2n) is 8.25. The summed E-state index contributed by atoms with van der Waals surface area (Å²) in [6.07, 6.45) is 1.66. The van der Waals surface area contributed by atoms with Gasteiger partial charge in [-0.05, 0) is 66.2 Å². The second-order valence-corrected chi connectivity index (χ2v) is 9.10. The number of anilines is 5. The molecule has 1 aromatic heterocycles. The van der Waals surface area contributed by atoms with Crippen molar-refractivity contribution in [1.82, 2.24) is 15.0 Å². The lowest BCUT2D eigenvalue weighted by atomic mass is 10.2. The van der Waals surface area contributed by atoms with Crippen LogP contribution in [-0.4, -0.2) is 21.2 Å². The van der Waals surface area contributed by atoms with Crippen molar-refractivity contribution in [3.8, 4) is 5.75 Å². The summed E-state index contributed by atoms with van der Waals surface area (Å²) in [5.74, 6) is 1.72. The van der Waals surface area contributed by atoms with Crippen LogP contribution in [0.4, 0.5) is 29.2 Å². The van der Waals surface area contributed by atoms with Gasteiger partial charge in [-0.1, -0.05) is 65.7 Å². The molecule has 3 N–H and O–H groups in total. The summed E-state index contributed by atoms with van der Waals surface area (Å²) in [7, 11) is 0. The molecule has 0 aliphatic rings. The van der Waals surface area contributed by atoms with Crippen LogP contribution in [-0.2, 0) is 6.61 Å². The predicted octanol–water partition coefficient (Wildman–Crippen LogP) is 7.69. The van der Waals surface area contributed by atoms with E-state index in [0.29, 0.717) is 34.3 Å². The van der Waals surface area contributed by atoms with Gasteiger partial charge in [-0.2, -0.15) is 20.1 Å². The zero-order valence-electron chi connectivity index (χ0n) is 20.6. The number of benzene rings is 4. The molecule has 8 nitrogen and oxygen atoms in total. The first kappa shape index (κ1) is 26.0. The quantitative estimate of drug-likeness (QED) is 0.120. The molecule has 4 aromatic carbocycles. The number of hydrogen-bond donors (Lipinski definition) is 3. The fraction of sp³-hybridized carbons (Fsp3) is 0.0345. The summed E-state index contributed by atoms with van der Waals surface area (Å²) in [5.41, 5.74) is 6.31. The SMILES string of the molecule is Clc1ccc(COc2ccc(/C=N/Nc3nc(Nc4ccccc4)nc(Nc4ccccc4)n3)cc2)c(Cl)c1. The highest BCUT2D eigenvalue weighted by Gasteiger charge is 2.08. The van der Waals surface area contributed by atoms with Crippen molar-refractivity contribution in [2.45, 2.75) is 6.61 Å². The Morgan fingerprint density at radius 2 is 1.28 bits per heavy atom. The first-order valence-electron chi connectivity index (χ1n) is 12.0. The van der Waals surface area contributed by atoms with Gasteiger partial charge < -0.3 is 15.4 Å². The van der Waals surface area contributed by atoms with Crippen molar-refractivity contribution >= 4 is 58.6 Å². The lowest BCUT2D eigenvalue weighted by molar-refractivity contribution is 0.306. The molecule has 194 valence electrons. The molecule has 0 saturated carbocycles. The van der Waals surface area contributed by atoms with Crippen LogP contribution in [0.25, 0.3) is 0 Å². The minimum absolute atomic E-state index is 0.276. The van der Waals surface area contributed by atoms with E-state index in [2.05, 4.69) is 36.1 Å². The molecule has 1 heterocycles. The molecule has 0 aliphatic carbocycles. The van der Waals surface area contributed by atoms with Crippen LogP contribution in [0.5, 0.6) is 5.75 Å². The van der Waals surface area contributed by atoms with E-state index in [1.165, 1.54) is 0 Å². The Morgan fingerprint density at radius 1 is 0.692 bits per heavy atom. The predicted molar refractivity (Wildman–Crippen MR) is 158 cm³/mol. The Hall–Kier alpha value is -4.66. The monoisotopic (exact) mass is 555 g/mol. The van der Waals surface area contributed by atoms with Crippen LogP contribution in [0, 0.1) is 0 Å². The van der Waals surface area contributed by atoms with Crippen molar-refractivity contribution in [1.29, 1.82) is 0 Å². The van der Waals surface area contributed by atoms with E-state index in [-0.39, 0.29) is 5.95 Å². The number of ether oxygens (including phenoxy) is 1. The molecule has 0 amide bonds. The number of nitrogens with one attached hydrogen (secondary N) is 3. The highest BCUT2D eigenvalue weighted by atomic mass is 35.5. The van der Waals surface area contributed by atoms with Gasteiger partial charge in [0.25, 0.3) is 0 Å². The zero-order valence-corrected chi connectivity index (χ0v) is 22.1. The zero-order chi connectivity index (χ0) is 26.9. The fourth-order valence-corrected chi connectivity index (χ4v) is 3.92. The lowest BCUT2D eigenvalue weighted by Crippen LogP contribution is -2.07. The third-order valence-corrected chi connectivity index (χ3v) is 5.95. The van der Waals surface area contributed by atoms with Gasteiger partial charge in [-0.3, -0.25) is 0 Å². The van der Waals surface area contributed by atoms with Crippen LogP contribution >= 0.6 is 23.2 Å². The normalized spacial score (nSPS) is 10.8. The standard InChI is InChI=1S/C29H23Cl2N7O/c30-22-14-13-21(26(31)17-22)19-39-25-15-11-20(12-16-25)18-32-38-29-36-27(33-23-7-3-1-4-8-23)35-28(37-29)34-24-9-5-2-6-10-24/h1-18H,19H2,(H3,33,34,35,36,37,38)/b32-18+. The summed E-state index contributed by atoms with van der Waals surface area (Å²) in [4.78, 5) is 13.4. The summed E-state index contributed by atoms with van der Waals surface area (Å²) in [6.45, 7) is 0.336. The largest absolute Gasteiger partial charge is 0.489 e. The lowest BCUT2D eigenvalue weighted by Gasteiger charge is -2.10. The van der Waals surface area contributed by atoms with Gasteiger partial charge >= 0.3 is 0 Å². The number of rotatable bonds is 10. The van der Waals surface area contributed by atoms with Gasteiger partial charge in [0.1, 0.15) is 12.4 Å². The van der Waals surface area contributed by atoms with E-state index in [0.717, 1.165) is 22.5 Å². The summed E-state index contributed by atoms with van der Waals surface area (Å²) >= 11 is 12.2. The van der Waals surface area contributed by atoms with Crippen LogP contribution in [0.1, 0.15) is 11.1 Å².